The first kappa shape index (κ1) is 23.6. The SMILES string of the molecule is CC1CCCCC1.NC(=O)N(N)N.NC(N)(c1ccccc1)c1ccccc1. The fraction of sp³-hybridized carbons (Fsp3) is 0.381. The van der Waals surface area contributed by atoms with E-state index in [1.54, 1.807) is 0 Å². The van der Waals surface area contributed by atoms with E-state index in [0.29, 0.717) is 5.12 Å². The Labute approximate surface area is 167 Å². The van der Waals surface area contributed by atoms with Crippen LogP contribution in [0.1, 0.15) is 50.2 Å². The monoisotopic (exact) mass is 386 g/mol. The van der Waals surface area contributed by atoms with Crippen molar-refractivity contribution in [2.45, 2.75) is 44.7 Å². The molecule has 3 rings (SSSR count). The van der Waals surface area contributed by atoms with Crippen LogP contribution in [0.2, 0.25) is 0 Å². The van der Waals surface area contributed by atoms with Crippen molar-refractivity contribution in [2.24, 2.45) is 34.8 Å². The molecule has 1 saturated carbocycles. The molecule has 1 aliphatic rings. The number of carbonyl (C=O) groups excluding carboxylic acids is 1. The highest BCUT2D eigenvalue weighted by Crippen LogP contribution is 2.22. The van der Waals surface area contributed by atoms with Crippen LogP contribution < -0.4 is 28.9 Å². The Morgan fingerprint density at radius 2 is 1.21 bits per heavy atom. The van der Waals surface area contributed by atoms with E-state index < -0.39 is 11.7 Å². The van der Waals surface area contributed by atoms with Gasteiger partial charge >= 0.3 is 6.03 Å². The smallest absolute Gasteiger partial charge is 0.343 e. The lowest BCUT2D eigenvalue weighted by atomic mass is 9.91. The van der Waals surface area contributed by atoms with Crippen molar-refractivity contribution in [1.82, 2.24) is 5.12 Å². The van der Waals surface area contributed by atoms with E-state index in [2.05, 4.69) is 24.3 Å². The number of primary amides is 1. The first-order chi connectivity index (χ1) is 13.2. The zero-order chi connectivity index (χ0) is 21.0. The lowest BCUT2D eigenvalue weighted by Crippen LogP contribution is -2.46. The van der Waals surface area contributed by atoms with Crippen molar-refractivity contribution in [3.05, 3.63) is 71.8 Å². The standard InChI is InChI=1S/C13H14N2.C7H14.CH6N4O/c14-13(15,11-7-3-1-4-8-11)12-9-5-2-6-10-12;1-7-5-3-2-4-6-7;2-1(6)5(3)4/h1-10H,14-15H2;7H,2-6H2,1H3;3-4H2,(H2,2,6). The van der Waals surface area contributed by atoms with Crippen LogP contribution in [-0.2, 0) is 5.66 Å². The molecular weight excluding hydrogens is 352 g/mol. The number of hydrogen-bond acceptors (Lipinski definition) is 5. The maximum atomic E-state index is 9.60. The molecule has 28 heavy (non-hydrogen) atoms. The molecule has 7 heteroatoms. The summed E-state index contributed by atoms with van der Waals surface area (Å²) in [6.07, 6.45) is 7.44. The summed E-state index contributed by atoms with van der Waals surface area (Å²) in [6, 6.07) is 18.5. The summed E-state index contributed by atoms with van der Waals surface area (Å²) >= 11 is 0. The topological polar surface area (TPSA) is 150 Å². The molecule has 0 aromatic heterocycles. The molecule has 0 heterocycles. The molecular formula is C21H34N6O. The molecule has 2 aromatic rings. The largest absolute Gasteiger partial charge is 0.349 e. The Kier molecular flexibility index (Phi) is 10.2. The predicted octanol–water partition coefficient (Wildman–Crippen LogP) is 2.51. The summed E-state index contributed by atoms with van der Waals surface area (Å²) in [6.45, 7) is 2.36. The number of benzene rings is 2. The second-order valence-corrected chi connectivity index (χ2v) is 7.09. The molecule has 2 aromatic carbocycles. The van der Waals surface area contributed by atoms with Gasteiger partial charge < -0.3 is 17.2 Å². The van der Waals surface area contributed by atoms with Gasteiger partial charge in [-0.05, 0) is 17.0 Å². The fourth-order valence-electron chi connectivity index (χ4n) is 2.90. The quantitative estimate of drug-likeness (QED) is 0.232. The predicted molar refractivity (Wildman–Crippen MR) is 114 cm³/mol. The Morgan fingerprint density at radius 3 is 1.46 bits per heavy atom. The number of rotatable bonds is 2. The van der Waals surface area contributed by atoms with Gasteiger partial charge in [0.05, 0.1) is 0 Å². The Bertz CT molecular complexity index is 628. The van der Waals surface area contributed by atoms with E-state index in [1.165, 1.54) is 32.1 Å². The summed E-state index contributed by atoms with van der Waals surface area (Å²) in [5.74, 6) is 10.2. The fourth-order valence-corrected chi connectivity index (χ4v) is 2.90. The summed E-state index contributed by atoms with van der Waals surface area (Å²) < 4.78 is 0. The van der Waals surface area contributed by atoms with Crippen LogP contribution in [0.4, 0.5) is 4.79 Å². The second kappa shape index (κ2) is 12.1. The number of carbonyl (C=O) groups is 1. The first-order valence-electron chi connectivity index (χ1n) is 9.53. The molecule has 0 unspecified atom stereocenters. The van der Waals surface area contributed by atoms with Crippen LogP contribution in [0, 0.1) is 5.92 Å². The van der Waals surface area contributed by atoms with Crippen molar-refractivity contribution in [3.8, 4) is 0 Å². The van der Waals surface area contributed by atoms with Crippen LogP contribution in [0.25, 0.3) is 0 Å². The van der Waals surface area contributed by atoms with Gasteiger partial charge in [-0.3, -0.25) is 0 Å². The molecule has 2 amide bonds. The Balaban J connectivity index is 0.000000251. The second-order valence-electron chi connectivity index (χ2n) is 7.09. The zero-order valence-corrected chi connectivity index (χ0v) is 16.6. The Hall–Kier alpha value is -2.45. The molecule has 1 aliphatic carbocycles. The van der Waals surface area contributed by atoms with E-state index in [4.69, 9.17) is 11.5 Å². The van der Waals surface area contributed by atoms with E-state index in [-0.39, 0.29) is 0 Å². The molecule has 0 spiro atoms. The molecule has 0 saturated heterocycles. The average molecular weight is 387 g/mol. The minimum atomic E-state index is -0.914. The van der Waals surface area contributed by atoms with E-state index >= 15 is 0 Å². The van der Waals surface area contributed by atoms with Crippen molar-refractivity contribution in [2.75, 3.05) is 0 Å². The normalized spacial score (nSPS) is 14.0. The first-order valence-corrected chi connectivity index (χ1v) is 9.53. The summed E-state index contributed by atoms with van der Waals surface area (Å²) in [5, 5.41) is 0.306. The van der Waals surface area contributed by atoms with Crippen LogP contribution in [0.15, 0.2) is 60.7 Å². The van der Waals surface area contributed by atoms with Gasteiger partial charge in [0.2, 0.25) is 0 Å². The lowest BCUT2D eigenvalue weighted by molar-refractivity contribution is 0.210. The van der Waals surface area contributed by atoms with Crippen LogP contribution in [0.5, 0.6) is 0 Å². The number of nitrogens with two attached hydrogens (primary N) is 5. The minimum absolute atomic E-state index is 0.306. The van der Waals surface area contributed by atoms with Crippen molar-refractivity contribution < 1.29 is 4.79 Å². The molecule has 7 nitrogen and oxygen atoms in total. The van der Waals surface area contributed by atoms with Gasteiger partial charge in [-0.25, -0.2) is 16.5 Å². The summed E-state index contributed by atoms with van der Waals surface area (Å²) in [5.41, 5.74) is 17.7. The van der Waals surface area contributed by atoms with Gasteiger partial charge in [0, 0.05) is 0 Å². The molecule has 0 aliphatic heterocycles. The van der Waals surface area contributed by atoms with Crippen molar-refractivity contribution in [1.29, 1.82) is 0 Å². The third-order valence-corrected chi connectivity index (χ3v) is 4.65. The number of urea groups is 1. The van der Waals surface area contributed by atoms with E-state index in [9.17, 15) is 4.79 Å². The number of amides is 2. The number of nitrogens with zero attached hydrogens (tertiary/aromatic N) is 1. The van der Waals surface area contributed by atoms with Crippen LogP contribution in [0.3, 0.4) is 0 Å². The number of hydrogen-bond donors (Lipinski definition) is 5. The zero-order valence-electron chi connectivity index (χ0n) is 16.6. The Morgan fingerprint density at radius 1 is 0.857 bits per heavy atom. The average Bonchev–Trinajstić information content (AvgIpc) is 2.71. The van der Waals surface area contributed by atoms with Gasteiger partial charge in [0.15, 0.2) is 0 Å². The summed E-state index contributed by atoms with van der Waals surface area (Å²) in [4.78, 5) is 9.60. The summed E-state index contributed by atoms with van der Waals surface area (Å²) in [7, 11) is 0. The van der Waals surface area contributed by atoms with Crippen LogP contribution >= 0.6 is 0 Å². The van der Waals surface area contributed by atoms with Crippen molar-refractivity contribution >= 4 is 6.03 Å². The van der Waals surface area contributed by atoms with Gasteiger partial charge in [0.25, 0.3) is 0 Å². The van der Waals surface area contributed by atoms with E-state index in [0.717, 1.165) is 17.0 Å². The molecule has 0 radical (unpaired) electrons. The molecule has 0 bridgehead atoms. The van der Waals surface area contributed by atoms with Crippen LogP contribution in [-0.4, -0.2) is 11.1 Å². The third kappa shape index (κ3) is 8.49. The molecule has 1 fully saturated rings. The highest BCUT2D eigenvalue weighted by atomic mass is 16.2. The maximum Gasteiger partial charge on any atom is 0.343 e. The maximum absolute atomic E-state index is 9.60. The molecule has 154 valence electrons. The van der Waals surface area contributed by atoms with E-state index in [1.807, 2.05) is 60.7 Å². The van der Waals surface area contributed by atoms with Crippen molar-refractivity contribution in [3.63, 3.8) is 0 Å². The molecule has 0 atom stereocenters. The van der Waals surface area contributed by atoms with Gasteiger partial charge in [0.1, 0.15) is 5.66 Å². The molecule has 10 N–H and O–H groups in total. The number of hydrazine groups is 2. The highest BCUT2D eigenvalue weighted by Gasteiger charge is 2.23. The minimum Gasteiger partial charge on any atom is -0.349 e. The van der Waals surface area contributed by atoms with Gasteiger partial charge in [-0.15, -0.1) is 0 Å². The lowest BCUT2D eigenvalue weighted by Gasteiger charge is -2.25. The highest BCUT2D eigenvalue weighted by molar-refractivity contribution is 5.70. The third-order valence-electron chi connectivity index (χ3n) is 4.65. The van der Waals surface area contributed by atoms with Gasteiger partial charge in [-0.2, -0.15) is 5.12 Å². The van der Waals surface area contributed by atoms with Gasteiger partial charge in [-0.1, -0.05) is 99.7 Å².